The first-order valence-electron chi connectivity index (χ1n) is 13.8. The maximum Gasteiger partial charge on any atom is 0.410 e. The second-order valence-corrected chi connectivity index (χ2v) is 11.4. The Morgan fingerprint density at radius 2 is 1.53 bits per heavy atom. The number of piperidine rings is 1. The lowest BCUT2D eigenvalue weighted by molar-refractivity contribution is 0.0506. The van der Waals surface area contributed by atoms with Crippen LogP contribution in [0.2, 0.25) is 0 Å². The standard InChI is InChI=1S/C33H30N2O3/c34-20-33(14-15-33)23-7-5-6-21(16-23)31(36)22-17-24-12-13-25(18-22)35(24)32(37)38-19-30-28-10-3-1-8-26(28)27-9-2-4-11-29(27)30/h1-11,16,22,24-25,30H,12-15,17-19H2. The van der Waals surface area contributed by atoms with Gasteiger partial charge in [-0.05, 0) is 72.4 Å². The van der Waals surface area contributed by atoms with E-state index >= 15 is 0 Å². The first kappa shape index (κ1) is 23.2. The SMILES string of the molecule is N#CC1(c2cccc(C(=O)C3CC4CCC(C3)N4C(=O)OCC3c4ccccc4-c4ccccc43)c2)CC1. The summed E-state index contributed by atoms with van der Waals surface area (Å²) < 4.78 is 5.98. The third-order valence-corrected chi connectivity index (χ3v) is 9.31. The van der Waals surface area contributed by atoms with E-state index in [0.29, 0.717) is 25.0 Å². The number of ketones is 1. The van der Waals surface area contributed by atoms with Gasteiger partial charge in [0.25, 0.3) is 0 Å². The second-order valence-electron chi connectivity index (χ2n) is 11.4. The van der Waals surface area contributed by atoms with Gasteiger partial charge < -0.3 is 9.64 Å². The van der Waals surface area contributed by atoms with Crippen LogP contribution in [0, 0.1) is 17.2 Å². The van der Waals surface area contributed by atoms with Crippen LogP contribution in [0.25, 0.3) is 11.1 Å². The van der Waals surface area contributed by atoms with Crippen molar-refractivity contribution in [3.8, 4) is 17.2 Å². The smallest absolute Gasteiger partial charge is 0.410 e. The minimum Gasteiger partial charge on any atom is -0.448 e. The molecule has 2 aliphatic carbocycles. The zero-order valence-corrected chi connectivity index (χ0v) is 21.3. The van der Waals surface area contributed by atoms with Crippen molar-refractivity contribution in [2.75, 3.05) is 6.61 Å². The van der Waals surface area contributed by atoms with Crippen molar-refractivity contribution in [1.29, 1.82) is 5.26 Å². The number of nitriles is 1. The quantitative estimate of drug-likeness (QED) is 0.368. The highest BCUT2D eigenvalue weighted by atomic mass is 16.6. The molecule has 190 valence electrons. The molecule has 2 saturated heterocycles. The minimum atomic E-state index is -0.400. The monoisotopic (exact) mass is 502 g/mol. The molecular formula is C33H30N2O3. The summed E-state index contributed by atoms with van der Waals surface area (Å²) in [6.45, 7) is 0.318. The number of hydrogen-bond donors (Lipinski definition) is 0. The summed E-state index contributed by atoms with van der Waals surface area (Å²) in [4.78, 5) is 28.8. The third kappa shape index (κ3) is 3.66. The fraction of sp³-hybridized carbons (Fsp3) is 0.364. The molecule has 2 unspecified atom stereocenters. The van der Waals surface area contributed by atoms with E-state index in [2.05, 4.69) is 42.5 Å². The molecule has 2 bridgehead atoms. The Balaban J connectivity index is 1.04. The summed E-state index contributed by atoms with van der Waals surface area (Å²) in [5, 5.41) is 9.57. The van der Waals surface area contributed by atoms with Crippen LogP contribution in [0.5, 0.6) is 0 Å². The van der Waals surface area contributed by atoms with Crippen LogP contribution >= 0.6 is 0 Å². The van der Waals surface area contributed by atoms with Gasteiger partial charge in [0.2, 0.25) is 0 Å². The molecule has 5 nitrogen and oxygen atoms in total. The number of Topliss-reactive ketones (excluding diaryl/α,β-unsaturated/α-hetero) is 1. The van der Waals surface area contributed by atoms with Crippen molar-refractivity contribution in [3.05, 3.63) is 95.1 Å². The van der Waals surface area contributed by atoms with Crippen LogP contribution in [-0.2, 0) is 10.2 Å². The van der Waals surface area contributed by atoms with Gasteiger partial charge in [0.15, 0.2) is 5.78 Å². The third-order valence-electron chi connectivity index (χ3n) is 9.31. The largest absolute Gasteiger partial charge is 0.448 e. The lowest BCUT2D eigenvalue weighted by atomic mass is 9.84. The fourth-order valence-electron chi connectivity index (χ4n) is 7.15. The minimum absolute atomic E-state index is 0.0374. The van der Waals surface area contributed by atoms with E-state index in [9.17, 15) is 14.9 Å². The molecule has 38 heavy (non-hydrogen) atoms. The van der Waals surface area contributed by atoms with Crippen molar-refractivity contribution in [2.24, 2.45) is 5.92 Å². The van der Waals surface area contributed by atoms with E-state index in [-0.39, 0.29) is 35.8 Å². The first-order chi connectivity index (χ1) is 18.6. The Morgan fingerprint density at radius 1 is 0.895 bits per heavy atom. The van der Waals surface area contributed by atoms with Crippen LogP contribution in [0.1, 0.15) is 71.5 Å². The van der Waals surface area contributed by atoms with Crippen molar-refractivity contribution >= 4 is 11.9 Å². The molecule has 2 atom stereocenters. The Bertz CT molecular complexity index is 1420. The van der Waals surface area contributed by atoms with E-state index in [1.807, 2.05) is 41.3 Å². The number of amides is 1. The summed E-state index contributed by atoms with van der Waals surface area (Å²) >= 11 is 0. The van der Waals surface area contributed by atoms with Gasteiger partial charge in [0, 0.05) is 29.5 Å². The van der Waals surface area contributed by atoms with Gasteiger partial charge in [0.1, 0.15) is 6.61 Å². The first-order valence-corrected chi connectivity index (χ1v) is 13.8. The Kier molecular flexibility index (Phi) is 5.40. The zero-order chi connectivity index (χ0) is 25.9. The van der Waals surface area contributed by atoms with Crippen LogP contribution < -0.4 is 0 Å². The molecule has 0 aromatic heterocycles. The van der Waals surface area contributed by atoms with Gasteiger partial charge in [-0.2, -0.15) is 5.26 Å². The van der Waals surface area contributed by atoms with Crippen LogP contribution in [-0.4, -0.2) is 35.5 Å². The van der Waals surface area contributed by atoms with Crippen LogP contribution in [0.4, 0.5) is 4.79 Å². The average Bonchev–Trinajstić information content (AvgIpc) is 3.64. The maximum absolute atomic E-state index is 13.5. The lowest BCUT2D eigenvalue weighted by Gasteiger charge is -2.37. The van der Waals surface area contributed by atoms with Crippen molar-refractivity contribution in [1.82, 2.24) is 4.90 Å². The van der Waals surface area contributed by atoms with E-state index in [0.717, 1.165) is 31.2 Å². The molecule has 3 fully saturated rings. The average molecular weight is 503 g/mol. The molecule has 0 spiro atoms. The number of carbonyl (C=O) groups is 2. The number of fused-ring (bicyclic) bond motifs is 5. The molecule has 1 amide bonds. The van der Waals surface area contributed by atoms with Gasteiger partial charge in [-0.25, -0.2) is 4.79 Å². The van der Waals surface area contributed by atoms with Gasteiger partial charge in [0.05, 0.1) is 11.5 Å². The van der Waals surface area contributed by atoms with Crippen molar-refractivity contribution in [2.45, 2.75) is 61.9 Å². The molecule has 4 aliphatic rings. The number of benzene rings is 3. The summed E-state index contributed by atoms with van der Waals surface area (Å²) in [6.07, 6.45) is 4.65. The molecule has 0 N–H and O–H groups in total. The molecule has 3 aromatic rings. The molecule has 0 radical (unpaired) electrons. The molecule has 2 heterocycles. The van der Waals surface area contributed by atoms with E-state index in [1.165, 1.54) is 22.3 Å². The van der Waals surface area contributed by atoms with E-state index < -0.39 is 5.41 Å². The van der Waals surface area contributed by atoms with Crippen molar-refractivity contribution < 1.29 is 14.3 Å². The molecule has 7 rings (SSSR count). The molecule has 1 saturated carbocycles. The number of carbonyl (C=O) groups excluding carboxylic acids is 2. The van der Waals surface area contributed by atoms with Crippen LogP contribution in [0.3, 0.4) is 0 Å². The number of nitrogens with zero attached hydrogens (tertiary/aromatic N) is 2. The Morgan fingerprint density at radius 3 is 2.13 bits per heavy atom. The highest BCUT2D eigenvalue weighted by Gasteiger charge is 2.47. The number of rotatable bonds is 5. The van der Waals surface area contributed by atoms with E-state index in [4.69, 9.17) is 4.74 Å². The summed E-state index contributed by atoms with van der Waals surface area (Å²) in [5.41, 5.74) is 6.11. The molecule has 2 aliphatic heterocycles. The zero-order valence-electron chi connectivity index (χ0n) is 21.3. The van der Waals surface area contributed by atoms with Crippen molar-refractivity contribution in [3.63, 3.8) is 0 Å². The molecule has 5 heteroatoms. The fourth-order valence-corrected chi connectivity index (χ4v) is 7.15. The van der Waals surface area contributed by atoms with E-state index in [1.54, 1.807) is 0 Å². The number of hydrogen-bond acceptors (Lipinski definition) is 4. The molecule has 3 aromatic carbocycles. The van der Waals surface area contributed by atoms with Gasteiger partial charge in [-0.3, -0.25) is 4.79 Å². The predicted molar refractivity (Wildman–Crippen MR) is 144 cm³/mol. The summed E-state index contributed by atoms with van der Waals surface area (Å²) in [7, 11) is 0. The second kappa shape index (κ2) is 8.84. The normalized spacial score (nSPS) is 24.3. The van der Waals surface area contributed by atoms with Crippen LogP contribution in [0.15, 0.2) is 72.8 Å². The highest BCUT2D eigenvalue weighted by Crippen LogP contribution is 2.48. The predicted octanol–water partition coefficient (Wildman–Crippen LogP) is 6.62. The Labute approximate surface area is 223 Å². The highest BCUT2D eigenvalue weighted by molar-refractivity contribution is 5.98. The maximum atomic E-state index is 13.5. The van der Waals surface area contributed by atoms with Gasteiger partial charge >= 0.3 is 6.09 Å². The van der Waals surface area contributed by atoms with Gasteiger partial charge in [-0.15, -0.1) is 0 Å². The lowest BCUT2D eigenvalue weighted by Crippen LogP contribution is -2.48. The summed E-state index contributed by atoms with van der Waals surface area (Å²) in [6, 6.07) is 26.9. The Hall–Kier alpha value is -3.91. The topological polar surface area (TPSA) is 70.4 Å². The summed E-state index contributed by atoms with van der Waals surface area (Å²) in [5.74, 6) is 0.0841. The van der Waals surface area contributed by atoms with Gasteiger partial charge in [-0.1, -0.05) is 66.7 Å². The molecular weight excluding hydrogens is 472 g/mol. The number of ether oxygens (including phenoxy) is 1.